The molecule has 1 aromatic heterocycles. The zero-order valence-corrected chi connectivity index (χ0v) is 14.4. The van der Waals surface area contributed by atoms with Gasteiger partial charge >= 0.3 is 0 Å². The summed E-state index contributed by atoms with van der Waals surface area (Å²) in [7, 11) is 0. The molecule has 2 aromatic carbocycles. The standard InChI is InChI=1S/C19H17ClN4O/c1-13-15(20)8-5-9-16(13)24-19(25)17-10-18(23-12-22-17)21-11-14-6-3-2-4-7-14/h2-10,12H,11H2,1H3,(H,24,25)(H,21,22,23). The van der Waals surface area contributed by atoms with Gasteiger partial charge in [-0.25, -0.2) is 9.97 Å². The van der Waals surface area contributed by atoms with Crippen LogP contribution < -0.4 is 10.6 Å². The first kappa shape index (κ1) is 16.9. The highest BCUT2D eigenvalue weighted by Crippen LogP contribution is 2.23. The first-order chi connectivity index (χ1) is 12.1. The van der Waals surface area contributed by atoms with E-state index >= 15 is 0 Å². The first-order valence-electron chi connectivity index (χ1n) is 7.80. The normalized spacial score (nSPS) is 10.3. The van der Waals surface area contributed by atoms with E-state index in [1.165, 1.54) is 6.33 Å². The number of amides is 1. The Morgan fingerprint density at radius 1 is 1.08 bits per heavy atom. The maximum Gasteiger partial charge on any atom is 0.274 e. The van der Waals surface area contributed by atoms with E-state index < -0.39 is 0 Å². The van der Waals surface area contributed by atoms with Crippen molar-refractivity contribution in [3.05, 3.63) is 82.8 Å². The number of benzene rings is 2. The largest absolute Gasteiger partial charge is 0.366 e. The fourth-order valence-corrected chi connectivity index (χ4v) is 2.47. The first-order valence-corrected chi connectivity index (χ1v) is 8.17. The molecule has 5 nitrogen and oxygen atoms in total. The van der Waals surface area contributed by atoms with Crippen LogP contribution in [-0.4, -0.2) is 15.9 Å². The van der Waals surface area contributed by atoms with E-state index in [0.717, 1.165) is 11.1 Å². The number of aromatic nitrogens is 2. The summed E-state index contributed by atoms with van der Waals surface area (Å²) in [6.07, 6.45) is 1.37. The van der Waals surface area contributed by atoms with Crippen molar-refractivity contribution in [2.75, 3.05) is 10.6 Å². The summed E-state index contributed by atoms with van der Waals surface area (Å²) in [5.74, 6) is 0.280. The molecule has 0 saturated carbocycles. The molecule has 25 heavy (non-hydrogen) atoms. The molecule has 6 heteroatoms. The van der Waals surface area contributed by atoms with Crippen LogP contribution in [0.15, 0.2) is 60.9 Å². The molecule has 0 unspecified atom stereocenters. The van der Waals surface area contributed by atoms with Crippen molar-refractivity contribution in [1.29, 1.82) is 0 Å². The zero-order chi connectivity index (χ0) is 17.6. The van der Waals surface area contributed by atoms with Gasteiger partial charge in [0, 0.05) is 23.3 Å². The summed E-state index contributed by atoms with van der Waals surface area (Å²) in [6, 6.07) is 16.9. The maximum absolute atomic E-state index is 12.4. The summed E-state index contributed by atoms with van der Waals surface area (Å²) in [5.41, 5.74) is 2.88. The third-order valence-corrected chi connectivity index (χ3v) is 4.14. The van der Waals surface area contributed by atoms with E-state index in [9.17, 15) is 4.79 Å². The third-order valence-electron chi connectivity index (χ3n) is 3.73. The van der Waals surface area contributed by atoms with E-state index in [4.69, 9.17) is 11.6 Å². The molecular formula is C19H17ClN4O. The highest BCUT2D eigenvalue weighted by Gasteiger charge is 2.11. The summed E-state index contributed by atoms with van der Waals surface area (Å²) < 4.78 is 0. The molecular weight excluding hydrogens is 336 g/mol. The minimum atomic E-state index is -0.310. The lowest BCUT2D eigenvalue weighted by molar-refractivity contribution is 0.102. The van der Waals surface area contributed by atoms with Gasteiger partial charge in [0.1, 0.15) is 17.8 Å². The van der Waals surface area contributed by atoms with Crippen LogP contribution in [0.4, 0.5) is 11.5 Å². The second kappa shape index (κ2) is 7.77. The minimum Gasteiger partial charge on any atom is -0.366 e. The zero-order valence-electron chi connectivity index (χ0n) is 13.7. The van der Waals surface area contributed by atoms with E-state index in [2.05, 4.69) is 20.6 Å². The lowest BCUT2D eigenvalue weighted by Gasteiger charge is -2.10. The van der Waals surface area contributed by atoms with Crippen LogP contribution in [0.25, 0.3) is 0 Å². The number of hydrogen-bond acceptors (Lipinski definition) is 4. The lowest BCUT2D eigenvalue weighted by Crippen LogP contribution is -2.15. The fourth-order valence-electron chi connectivity index (χ4n) is 2.30. The van der Waals surface area contributed by atoms with E-state index in [1.807, 2.05) is 37.3 Å². The Bertz CT molecular complexity index is 884. The molecule has 0 saturated heterocycles. The van der Waals surface area contributed by atoms with Crippen molar-refractivity contribution in [1.82, 2.24) is 9.97 Å². The molecule has 2 N–H and O–H groups in total. The number of halogens is 1. The molecule has 0 fully saturated rings. The summed E-state index contributed by atoms with van der Waals surface area (Å²) >= 11 is 6.08. The molecule has 126 valence electrons. The SMILES string of the molecule is Cc1c(Cl)cccc1NC(=O)c1cc(NCc2ccccc2)ncn1. The highest BCUT2D eigenvalue weighted by molar-refractivity contribution is 6.31. The lowest BCUT2D eigenvalue weighted by atomic mass is 10.2. The van der Waals surface area contributed by atoms with Crippen molar-refractivity contribution >= 4 is 29.0 Å². The molecule has 0 aliphatic rings. The van der Waals surface area contributed by atoms with Gasteiger partial charge in [-0.05, 0) is 30.2 Å². The molecule has 0 atom stereocenters. The van der Waals surface area contributed by atoms with Crippen molar-refractivity contribution in [2.24, 2.45) is 0 Å². The number of nitrogens with zero attached hydrogens (tertiary/aromatic N) is 2. The Labute approximate surface area is 151 Å². The summed E-state index contributed by atoms with van der Waals surface area (Å²) in [4.78, 5) is 20.6. The van der Waals surface area contributed by atoms with Gasteiger partial charge in [-0.3, -0.25) is 4.79 Å². The number of carbonyl (C=O) groups excluding carboxylic acids is 1. The van der Waals surface area contributed by atoms with Crippen molar-refractivity contribution in [2.45, 2.75) is 13.5 Å². The van der Waals surface area contributed by atoms with Crippen LogP contribution in [0.1, 0.15) is 21.6 Å². The Morgan fingerprint density at radius 3 is 2.68 bits per heavy atom. The van der Waals surface area contributed by atoms with Gasteiger partial charge in [-0.2, -0.15) is 0 Å². The van der Waals surface area contributed by atoms with Gasteiger partial charge in [0.2, 0.25) is 0 Å². The second-order valence-electron chi connectivity index (χ2n) is 5.49. The van der Waals surface area contributed by atoms with Crippen molar-refractivity contribution in [3.63, 3.8) is 0 Å². The van der Waals surface area contributed by atoms with Gasteiger partial charge in [-0.15, -0.1) is 0 Å². The van der Waals surface area contributed by atoms with Crippen LogP contribution in [0.5, 0.6) is 0 Å². The van der Waals surface area contributed by atoms with Gasteiger partial charge in [0.05, 0.1) is 0 Å². The quantitative estimate of drug-likeness (QED) is 0.718. The Kier molecular flexibility index (Phi) is 5.26. The van der Waals surface area contributed by atoms with E-state index in [0.29, 0.717) is 23.1 Å². The van der Waals surface area contributed by atoms with Gasteiger partial charge in [-0.1, -0.05) is 48.0 Å². The van der Waals surface area contributed by atoms with Gasteiger partial charge in [0.15, 0.2) is 0 Å². The van der Waals surface area contributed by atoms with Gasteiger partial charge in [0.25, 0.3) is 5.91 Å². The molecule has 1 heterocycles. The molecule has 0 spiro atoms. The Morgan fingerprint density at radius 2 is 1.88 bits per heavy atom. The van der Waals surface area contributed by atoms with E-state index in [1.54, 1.807) is 24.3 Å². The molecule has 0 aliphatic heterocycles. The Balaban J connectivity index is 1.70. The summed E-state index contributed by atoms with van der Waals surface area (Å²) in [5, 5.41) is 6.62. The number of anilines is 2. The van der Waals surface area contributed by atoms with Gasteiger partial charge < -0.3 is 10.6 Å². The maximum atomic E-state index is 12.4. The number of hydrogen-bond donors (Lipinski definition) is 2. The van der Waals surface area contributed by atoms with Crippen LogP contribution in [0.2, 0.25) is 5.02 Å². The molecule has 3 rings (SSSR count). The third kappa shape index (κ3) is 4.33. The predicted octanol–water partition coefficient (Wildman–Crippen LogP) is 4.30. The summed E-state index contributed by atoms with van der Waals surface area (Å²) in [6.45, 7) is 2.47. The molecule has 3 aromatic rings. The molecule has 0 bridgehead atoms. The van der Waals surface area contributed by atoms with Crippen LogP contribution >= 0.6 is 11.6 Å². The average Bonchev–Trinajstić information content (AvgIpc) is 2.65. The number of rotatable bonds is 5. The van der Waals surface area contributed by atoms with E-state index in [-0.39, 0.29) is 11.6 Å². The Hall–Kier alpha value is -2.92. The smallest absolute Gasteiger partial charge is 0.274 e. The monoisotopic (exact) mass is 352 g/mol. The topological polar surface area (TPSA) is 66.9 Å². The van der Waals surface area contributed by atoms with Crippen molar-refractivity contribution in [3.8, 4) is 0 Å². The number of nitrogens with one attached hydrogen (secondary N) is 2. The second-order valence-corrected chi connectivity index (χ2v) is 5.90. The highest BCUT2D eigenvalue weighted by atomic mass is 35.5. The van der Waals surface area contributed by atoms with Crippen LogP contribution in [0, 0.1) is 6.92 Å². The van der Waals surface area contributed by atoms with Crippen LogP contribution in [0.3, 0.4) is 0 Å². The molecule has 0 radical (unpaired) electrons. The fraction of sp³-hybridized carbons (Fsp3) is 0.105. The predicted molar refractivity (Wildman–Crippen MR) is 99.9 cm³/mol. The number of carbonyl (C=O) groups is 1. The molecule has 0 aliphatic carbocycles. The minimum absolute atomic E-state index is 0.282. The van der Waals surface area contributed by atoms with Crippen LogP contribution in [-0.2, 0) is 6.54 Å². The van der Waals surface area contributed by atoms with Crippen molar-refractivity contribution < 1.29 is 4.79 Å². The molecule has 1 amide bonds. The average molecular weight is 353 g/mol.